The molecule has 0 unspecified atom stereocenters. The second-order valence-electron chi connectivity index (χ2n) is 6.07. The number of amides is 1. The average molecular weight is 379 g/mol. The van der Waals surface area contributed by atoms with Gasteiger partial charge in [0.05, 0.1) is 20.8 Å². The molecule has 0 bridgehead atoms. The van der Waals surface area contributed by atoms with Gasteiger partial charge in [-0.1, -0.05) is 36.4 Å². The van der Waals surface area contributed by atoms with E-state index in [1.165, 1.54) is 16.8 Å². The van der Waals surface area contributed by atoms with E-state index in [2.05, 4.69) is 10.4 Å². The summed E-state index contributed by atoms with van der Waals surface area (Å²) in [5.41, 5.74) is 1.69. The summed E-state index contributed by atoms with van der Waals surface area (Å²) in [6, 6.07) is 17.7. The molecule has 0 atom stereocenters. The zero-order valence-electron chi connectivity index (χ0n) is 15.7. The fourth-order valence-electron chi connectivity index (χ4n) is 2.70. The van der Waals surface area contributed by atoms with Gasteiger partial charge < -0.3 is 14.8 Å². The molecule has 0 aliphatic heterocycles. The SMILES string of the molecule is COc1ccc(CNC(=O)c2ccc(=O)n(Cc3ccccc3)n2)cc1OC. The molecular formula is C21H21N3O4. The van der Waals surface area contributed by atoms with Crippen molar-refractivity contribution in [1.29, 1.82) is 0 Å². The molecule has 0 saturated carbocycles. The van der Waals surface area contributed by atoms with Gasteiger partial charge in [-0.3, -0.25) is 9.59 Å². The minimum Gasteiger partial charge on any atom is -0.493 e. The van der Waals surface area contributed by atoms with Crippen LogP contribution in [0.25, 0.3) is 0 Å². The van der Waals surface area contributed by atoms with Crippen molar-refractivity contribution in [1.82, 2.24) is 15.1 Å². The minimum atomic E-state index is -0.364. The first-order chi connectivity index (χ1) is 13.6. The van der Waals surface area contributed by atoms with Crippen LogP contribution in [0.1, 0.15) is 21.6 Å². The van der Waals surface area contributed by atoms with Gasteiger partial charge in [-0.25, -0.2) is 4.68 Å². The third-order valence-electron chi connectivity index (χ3n) is 4.18. The summed E-state index contributed by atoms with van der Waals surface area (Å²) < 4.78 is 11.7. The number of hydrogen-bond acceptors (Lipinski definition) is 5. The minimum absolute atomic E-state index is 0.177. The molecule has 28 heavy (non-hydrogen) atoms. The molecule has 0 saturated heterocycles. The van der Waals surface area contributed by atoms with Crippen LogP contribution >= 0.6 is 0 Å². The molecular weight excluding hydrogens is 358 g/mol. The van der Waals surface area contributed by atoms with Gasteiger partial charge in [0.1, 0.15) is 5.69 Å². The molecule has 0 aliphatic rings. The summed E-state index contributed by atoms with van der Waals surface area (Å²) in [7, 11) is 3.12. The number of methoxy groups -OCH3 is 2. The number of aromatic nitrogens is 2. The second kappa shape index (κ2) is 8.85. The quantitative estimate of drug-likeness (QED) is 0.681. The zero-order valence-corrected chi connectivity index (χ0v) is 15.7. The van der Waals surface area contributed by atoms with Crippen molar-refractivity contribution in [3.8, 4) is 11.5 Å². The summed E-state index contributed by atoms with van der Waals surface area (Å²) in [5, 5.41) is 6.99. The Kier molecular flexibility index (Phi) is 6.06. The van der Waals surface area contributed by atoms with Crippen LogP contribution in [0.4, 0.5) is 0 Å². The Morgan fingerprint density at radius 1 is 0.964 bits per heavy atom. The van der Waals surface area contributed by atoms with Crippen molar-refractivity contribution < 1.29 is 14.3 Å². The number of ether oxygens (including phenoxy) is 2. The molecule has 7 nitrogen and oxygen atoms in total. The van der Waals surface area contributed by atoms with Crippen molar-refractivity contribution in [3.05, 3.63) is 87.8 Å². The van der Waals surface area contributed by atoms with Crippen molar-refractivity contribution in [2.45, 2.75) is 13.1 Å². The van der Waals surface area contributed by atoms with E-state index in [0.29, 0.717) is 24.6 Å². The fourth-order valence-corrected chi connectivity index (χ4v) is 2.70. The Morgan fingerprint density at radius 3 is 2.43 bits per heavy atom. The van der Waals surface area contributed by atoms with Gasteiger partial charge in [0.25, 0.3) is 11.5 Å². The first-order valence-corrected chi connectivity index (χ1v) is 8.72. The predicted octanol–water partition coefficient (Wildman–Crippen LogP) is 2.24. The van der Waals surface area contributed by atoms with Crippen LogP contribution in [-0.2, 0) is 13.1 Å². The molecule has 144 valence electrons. The van der Waals surface area contributed by atoms with Crippen molar-refractivity contribution in [2.75, 3.05) is 14.2 Å². The number of carbonyl (C=O) groups is 1. The highest BCUT2D eigenvalue weighted by molar-refractivity contribution is 5.91. The van der Waals surface area contributed by atoms with E-state index < -0.39 is 0 Å². The molecule has 7 heteroatoms. The predicted molar refractivity (Wildman–Crippen MR) is 105 cm³/mol. The molecule has 0 aliphatic carbocycles. The van der Waals surface area contributed by atoms with Crippen LogP contribution in [0.2, 0.25) is 0 Å². The van der Waals surface area contributed by atoms with Crippen LogP contribution in [0, 0.1) is 0 Å². The van der Waals surface area contributed by atoms with E-state index in [-0.39, 0.29) is 17.2 Å². The Hall–Kier alpha value is -3.61. The van der Waals surface area contributed by atoms with Crippen LogP contribution in [-0.4, -0.2) is 29.9 Å². The number of nitrogens with one attached hydrogen (secondary N) is 1. The third-order valence-corrected chi connectivity index (χ3v) is 4.18. The summed E-state index contributed by atoms with van der Waals surface area (Å²) in [4.78, 5) is 24.5. The first kappa shape index (κ1) is 19.2. The lowest BCUT2D eigenvalue weighted by Crippen LogP contribution is -2.29. The lowest BCUT2D eigenvalue weighted by molar-refractivity contribution is 0.0943. The number of hydrogen-bond donors (Lipinski definition) is 1. The van der Waals surface area contributed by atoms with Crippen molar-refractivity contribution >= 4 is 5.91 Å². The van der Waals surface area contributed by atoms with E-state index in [1.54, 1.807) is 26.4 Å². The molecule has 1 N–H and O–H groups in total. The highest BCUT2D eigenvalue weighted by Crippen LogP contribution is 2.27. The molecule has 3 aromatic rings. The van der Waals surface area contributed by atoms with Crippen molar-refractivity contribution in [2.24, 2.45) is 0 Å². The molecule has 3 rings (SSSR count). The number of carbonyl (C=O) groups excluding carboxylic acids is 1. The van der Waals surface area contributed by atoms with Gasteiger partial charge in [0.15, 0.2) is 11.5 Å². The lowest BCUT2D eigenvalue weighted by atomic mass is 10.2. The van der Waals surface area contributed by atoms with Gasteiger partial charge in [-0.2, -0.15) is 5.10 Å². The maximum Gasteiger partial charge on any atom is 0.271 e. The molecule has 1 heterocycles. The number of nitrogens with zero attached hydrogens (tertiary/aromatic N) is 2. The molecule has 0 spiro atoms. The number of benzene rings is 2. The second-order valence-corrected chi connectivity index (χ2v) is 6.07. The van der Waals surface area contributed by atoms with E-state index in [4.69, 9.17) is 9.47 Å². The maximum atomic E-state index is 12.5. The topological polar surface area (TPSA) is 82.5 Å². The van der Waals surface area contributed by atoms with Crippen LogP contribution < -0.4 is 20.3 Å². The Bertz CT molecular complexity index is 1020. The Labute approximate surface area is 162 Å². The zero-order chi connectivity index (χ0) is 19.9. The van der Waals surface area contributed by atoms with E-state index >= 15 is 0 Å². The monoisotopic (exact) mass is 379 g/mol. The van der Waals surface area contributed by atoms with E-state index in [0.717, 1.165) is 11.1 Å². The highest BCUT2D eigenvalue weighted by Gasteiger charge is 2.11. The fraction of sp³-hybridized carbons (Fsp3) is 0.190. The number of rotatable bonds is 7. The Balaban J connectivity index is 1.71. The van der Waals surface area contributed by atoms with Gasteiger partial charge in [0.2, 0.25) is 0 Å². The van der Waals surface area contributed by atoms with Gasteiger partial charge >= 0.3 is 0 Å². The summed E-state index contributed by atoms with van der Waals surface area (Å²) in [6.45, 7) is 0.592. The summed E-state index contributed by atoms with van der Waals surface area (Å²) in [5.74, 6) is 0.840. The lowest BCUT2D eigenvalue weighted by Gasteiger charge is -2.11. The largest absolute Gasteiger partial charge is 0.493 e. The first-order valence-electron chi connectivity index (χ1n) is 8.72. The van der Waals surface area contributed by atoms with E-state index in [1.807, 2.05) is 36.4 Å². The van der Waals surface area contributed by atoms with Crippen molar-refractivity contribution in [3.63, 3.8) is 0 Å². The van der Waals surface area contributed by atoms with E-state index in [9.17, 15) is 9.59 Å². The molecule has 0 radical (unpaired) electrons. The molecule has 0 fully saturated rings. The Morgan fingerprint density at radius 2 is 1.71 bits per heavy atom. The standard InChI is InChI=1S/C21H21N3O4/c1-27-18-10-8-16(12-19(18)28-2)13-22-21(26)17-9-11-20(25)24(23-17)14-15-6-4-3-5-7-15/h3-12H,13-14H2,1-2H3,(H,22,26). The van der Waals surface area contributed by atoms with Gasteiger partial charge in [-0.15, -0.1) is 0 Å². The highest BCUT2D eigenvalue weighted by atomic mass is 16.5. The third kappa shape index (κ3) is 4.56. The average Bonchev–Trinajstić information content (AvgIpc) is 2.74. The van der Waals surface area contributed by atoms with Crippen LogP contribution in [0.15, 0.2) is 65.5 Å². The molecule has 1 amide bonds. The molecule has 2 aromatic carbocycles. The van der Waals surface area contributed by atoms with Crippen LogP contribution in [0.5, 0.6) is 11.5 Å². The van der Waals surface area contributed by atoms with Gasteiger partial charge in [0, 0.05) is 12.6 Å². The maximum absolute atomic E-state index is 12.5. The molecule has 1 aromatic heterocycles. The smallest absolute Gasteiger partial charge is 0.271 e. The summed E-state index contributed by atoms with van der Waals surface area (Å²) >= 11 is 0. The van der Waals surface area contributed by atoms with Gasteiger partial charge in [-0.05, 0) is 29.3 Å². The van der Waals surface area contributed by atoms with Crippen LogP contribution in [0.3, 0.4) is 0 Å². The normalized spacial score (nSPS) is 10.4. The summed E-state index contributed by atoms with van der Waals surface area (Å²) in [6.07, 6.45) is 0.